The molecule has 140 valence electrons. The highest BCUT2D eigenvalue weighted by molar-refractivity contribution is 6.75. The maximum absolute atomic E-state index is 11.7. The zero-order valence-electron chi connectivity index (χ0n) is 14.3. The van der Waals surface area contributed by atoms with Gasteiger partial charge in [-0.3, -0.25) is 0 Å². The topological polar surface area (TPSA) is 68.5 Å². The summed E-state index contributed by atoms with van der Waals surface area (Å²) in [5.74, 6) is 0.222. The SMILES string of the molecule is COc1ccc(/C(C#N)=C\c2cccc(OC(=O)C(Cl)(Cl)Cl)c2)cc1OC. The zero-order valence-corrected chi connectivity index (χ0v) is 16.6. The fraction of sp³-hybridized carbons (Fsp3) is 0.158. The predicted octanol–water partition coefficient (Wildman–Crippen LogP) is 5.04. The lowest BCUT2D eigenvalue weighted by Crippen LogP contribution is -2.24. The van der Waals surface area contributed by atoms with Gasteiger partial charge in [0.1, 0.15) is 5.75 Å². The molecule has 0 atom stereocenters. The normalized spacial score (nSPS) is 11.5. The fourth-order valence-corrected chi connectivity index (χ4v) is 2.30. The Hall–Kier alpha value is -2.39. The van der Waals surface area contributed by atoms with Crippen LogP contribution in [0.2, 0.25) is 0 Å². The minimum atomic E-state index is -2.18. The Morgan fingerprint density at radius 1 is 1.07 bits per heavy atom. The third kappa shape index (κ3) is 5.54. The molecule has 0 heterocycles. The molecule has 8 heteroatoms. The van der Waals surface area contributed by atoms with E-state index in [1.165, 1.54) is 20.3 Å². The molecule has 0 saturated carbocycles. The fourth-order valence-electron chi connectivity index (χ4n) is 2.18. The molecule has 0 radical (unpaired) electrons. The second-order valence-electron chi connectivity index (χ2n) is 5.20. The number of halogens is 3. The summed E-state index contributed by atoms with van der Waals surface area (Å²) in [7, 11) is 3.04. The molecular formula is C19H14Cl3NO4. The van der Waals surface area contributed by atoms with Crippen molar-refractivity contribution in [2.24, 2.45) is 0 Å². The number of benzene rings is 2. The number of hydrogen-bond donors (Lipinski definition) is 0. The lowest BCUT2D eigenvalue weighted by Gasteiger charge is -2.11. The maximum atomic E-state index is 11.7. The van der Waals surface area contributed by atoms with Gasteiger partial charge in [0.05, 0.1) is 25.9 Å². The Kier molecular flexibility index (Phi) is 6.98. The molecule has 0 amide bonds. The number of nitrogens with zero attached hydrogens (tertiary/aromatic N) is 1. The summed E-state index contributed by atoms with van der Waals surface area (Å²) in [6.45, 7) is 0. The molecule has 0 aliphatic rings. The van der Waals surface area contributed by atoms with Gasteiger partial charge >= 0.3 is 5.97 Å². The van der Waals surface area contributed by atoms with Crippen LogP contribution in [0.3, 0.4) is 0 Å². The summed E-state index contributed by atoms with van der Waals surface area (Å²) in [5, 5.41) is 9.52. The summed E-state index contributed by atoms with van der Waals surface area (Å²) < 4.78 is 13.3. The molecule has 2 aromatic rings. The first-order chi connectivity index (χ1) is 12.8. The van der Waals surface area contributed by atoms with Gasteiger partial charge in [-0.05, 0) is 47.5 Å². The van der Waals surface area contributed by atoms with Crippen molar-refractivity contribution in [2.45, 2.75) is 3.79 Å². The number of carbonyl (C=O) groups is 1. The second-order valence-corrected chi connectivity index (χ2v) is 7.48. The van der Waals surface area contributed by atoms with E-state index in [1.54, 1.807) is 42.5 Å². The smallest absolute Gasteiger partial charge is 0.363 e. The summed E-state index contributed by atoms with van der Waals surface area (Å²) >= 11 is 16.5. The van der Waals surface area contributed by atoms with Gasteiger partial charge < -0.3 is 14.2 Å². The Balaban J connectivity index is 2.35. The number of ether oxygens (including phenoxy) is 3. The first-order valence-corrected chi connectivity index (χ1v) is 8.65. The van der Waals surface area contributed by atoms with Crippen LogP contribution in [-0.2, 0) is 4.79 Å². The molecule has 0 saturated heterocycles. The van der Waals surface area contributed by atoms with Crippen molar-refractivity contribution < 1.29 is 19.0 Å². The van der Waals surface area contributed by atoms with Crippen LogP contribution in [0.5, 0.6) is 17.2 Å². The minimum absolute atomic E-state index is 0.185. The summed E-state index contributed by atoms with van der Waals surface area (Å²) in [6, 6.07) is 13.7. The highest BCUT2D eigenvalue weighted by Gasteiger charge is 2.33. The number of rotatable bonds is 5. The van der Waals surface area contributed by atoms with E-state index >= 15 is 0 Å². The molecule has 0 fully saturated rings. The van der Waals surface area contributed by atoms with Gasteiger partial charge in [0.25, 0.3) is 3.79 Å². The lowest BCUT2D eigenvalue weighted by molar-refractivity contribution is -0.133. The van der Waals surface area contributed by atoms with Crippen molar-refractivity contribution in [1.29, 1.82) is 5.26 Å². The Morgan fingerprint density at radius 3 is 2.37 bits per heavy atom. The van der Waals surface area contributed by atoms with Gasteiger partial charge in [-0.15, -0.1) is 0 Å². The van der Waals surface area contributed by atoms with Crippen LogP contribution in [-0.4, -0.2) is 24.0 Å². The van der Waals surface area contributed by atoms with Crippen LogP contribution in [0.1, 0.15) is 11.1 Å². The standard InChI is InChI=1S/C19H14Cl3NO4/c1-25-16-7-6-13(10-17(16)26-2)14(11-23)8-12-4-3-5-15(9-12)27-18(24)19(20,21)22/h3-10H,1-2H3/b14-8-. The second kappa shape index (κ2) is 9.01. The van der Waals surface area contributed by atoms with Crippen LogP contribution in [0, 0.1) is 11.3 Å². The third-order valence-corrected chi connectivity index (χ3v) is 3.89. The molecule has 5 nitrogen and oxygen atoms in total. The number of carbonyl (C=O) groups excluding carboxylic acids is 1. The molecule has 0 aromatic heterocycles. The van der Waals surface area contributed by atoms with Crippen LogP contribution in [0.4, 0.5) is 0 Å². The molecule has 0 spiro atoms. The molecule has 0 bridgehead atoms. The maximum Gasteiger partial charge on any atom is 0.363 e. The first kappa shape index (κ1) is 20.9. The molecule has 2 rings (SSSR count). The van der Waals surface area contributed by atoms with E-state index in [0.29, 0.717) is 28.2 Å². The minimum Gasteiger partial charge on any atom is -0.493 e. The number of allylic oxidation sites excluding steroid dienone is 1. The van der Waals surface area contributed by atoms with Crippen molar-refractivity contribution in [3.8, 4) is 23.3 Å². The van der Waals surface area contributed by atoms with E-state index in [-0.39, 0.29) is 5.75 Å². The van der Waals surface area contributed by atoms with Crippen LogP contribution in [0.15, 0.2) is 42.5 Å². The Labute approximate surface area is 171 Å². The monoisotopic (exact) mass is 425 g/mol. The van der Waals surface area contributed by atoms with Gasteiger partial charge in [-0.25, -0.2) is 4.79 Å². The van der Waals surface area contributed by atoms with E-state index in [4.69, 9.17) is 49.0 Å². The predicted molar refractivity (Wildman–Crippen MR) is 105 cm³/mol. The van der Waals surface area contributed by atoms with Gasteiger partial charge in [0.15, 0.2) is 11.5 Å². The van der Waals surface area contributed by atoms with E-state index in [9.17, 15) is 10.1 Å². The van der Waals surface area contributed by atoms with E-state index in [0.717, 1.165) is 0 Å². The summed E-state index contributed by atoms with van der Waals surface area (Å²) in [6.07, 6.45) is 1.63. The molecule has 27 heavy (non-hydrogen) atoms. The molecule has 0 aliphatic heterocycles. The number of nitriles is 1. The van der Waals surface area contributed by atoms with Crippen LogP contribution in [0.25, 0.3) is 11.6 Å². The van der Waals surface area contributed by atoms with Crippen LogP contribution >= 0.6 is 34.8 Å². The third-order valence-electron chi connectivity index (χ3n) is 3.43. The molecule has 0 unspecified atom stereocenters. The Bertz CT molecular complexity index is 914. The summed E-state index contributed by atoms with van der Waals surface area (Å²) in [4.78, 5) is 11.7. The molecule has 0 aliphatic carbocycles. The van der Waals surface area contributed by atoms with Crippen molar-refractivity contribution in [3.63, 3.8) is 0 Å². The average molecular weight is 427 g/mol. The highest BCUT2D eigenvalue weighted by atomic mass is 35.6. The van der Waals surface area contributed by atoms with Gasteiger partial charge in [0.2, 0.25) is 0 Å². The summed E-state index contributed by atoms with van der Waals surface area (Å²) in [5.41, 5.74) is 1.63. The first-order valence-electron chi connectivity index (χ1n) is 7.51. The van der Waals surface area contributed by atoms with Gasteiger partial charge in [-0.1, -0.05) is 46.9 Å². The highest BCUT2D eigenvalue weighted by Crippen LogP contribution is 2.32. The zero-order chi connectivity index (χ0) is 20.0. The van der Waals surface area contributed by atoms with Gasteiger partial charge in [-0.2, -0.15) is 5.26 Å². The largest absolute Gasteiger partial charge is 0.493 e. The van der Waals surface area contributed by atoms with Crippen molar-refractivity contribution >= 4 is 52.4 Å². The van der Waals surface area contributed by atoms with E-state index in [1.807, 2.05) is 0 Å². The number of hydrogen-bond acceptors (Lipinski definition) is 5. The molecular weight excluding hydrogens is 413 g/mol. The van der Waals surface area contributed by atoms with Crippen LogP contribution < -0.4 is 14.2 Å². The van der Waals surface area contributed by atoms with E-state index < -0.39 is 9.76 Å². The quantitative estimate of drug-likeness (QED) is 0.220. The van der Waals surface area contributed by atoms with E-state index in [2.05, 4.69) is 6.07 Å². The van der Waals surface area contributed by atoms with Crippen molar-refractivity contribution in [3.05, 3.63) is 53.6 Å². The van der Waals surface area contributed by atoms with Crippen molar-refractivity contribution in [2.75, 3.05) is 14.2 Å². The average Bonchev–Trinajstić information content (AvgIpc) is 2.65. The Morgan fingerprint density at radius 2 is 1.78 bits per heavy atom. The van der Waals surface area contributed by atoms with Crippen molar-refractivity contribution in [1.82, 2.24) is 0 Å². The number of esters is 1. The number of methoxy groups -OCH3 is 2. The number of alkyl halides is 3. The molecule has 2 aromatic carbocycles. The van der Waals surface area contributed by atoms with Gasteiger partial charge in [0, 0.05) is 0 Å². The lowest BCUT2D eigenvalue weighted by atomic mass is 10.0. The molecule has 0 N–H and O–H groups in total.